The second-order valence-electron chi connectivity index (χ2n) is 5.45. The van der Waals surface area contributed by atoms with E-state index in [0.717, 1.165) is 0 Å². The maximum Gasteiger partial charge on any atom is 0.252 e. The Morgan fingerprint density at radius 2 is 1.70 bits per heavy atom. The van der Waals surface area contributed by atoms with Gasteiger partial charge in [0.05, 0.1) is 17.1 Å². The molecule has 0 aliphatic heterocycles. The summed E-state index contributed by atoms with van der Waals surface area (Å²) >= 11 is 6.00. The van der Waals surface area contributed by atoms with E-state index in [1.165, 1.54) is 6.07 Å². The molecule has 0 spiro atoms. The summed E-state index contributed by atoms with van der Waals surface area (Å²) in [5.74, 6) is 0.0487. The number of halogens is 3. The molecule has 0 aliphatic carbocycles. The minimum atomic E-state index is -0.279. The van der Waals surface area contributed by atoms with Gasteiger partial charge in [0.25, 0.3) is 5.91 Å². The van der Waals surface area contributed by atoms with Crippen molar-refractivity contribution in [2.24, 2.45) is 4.99 Å². The Balaban J connectivity index is 0.00000364. The molecule has 8 heteroatoms. The van der Waals surface area contributed by atoms with Gasteiger partial charge in [0, 0.05) is 25.2 Å². The molecule has 0 aromatic heterocycles. The molecule has 0 atom stereocenters. The minimum absolute atomic E-state index is 0. The highest BCUT2D eigenvalue weighted by atomic mass is 127. The van der Waals surface area contributed by atoms with Crippen LogP contribution in [0, 0.1) is 5.82 Å². The summed E-state index contributed by atoms with van der Waals surface area (Å²) < 4.78 is 13.6. The lowest BCUT2D eigenvalue weighted by Crippen LogP contribution is -2.41. The number of carbonyl (C=O) groups is 1. The van der Waals surface area contributed by atoms with E-state index in [4.69, 9.17) is 11.6 Å². The van der Waals surface area contributed by atoms with Gasteiger partial charge in [0.15, 0.2) is 5.96 Å². The maximum absolute atomic E-state index is 13.6. The van der Waals surface area contributed by atoms with Gasteiger partial charge in [-0.15, -0.1) is 24.0 Å². The van der Waals surface area contributed by atoms with Crippen molar-refractivity contribution in [2.45, 2.75) is 13.5 Å². The molecule has 146 valence electrons. The summed E-state index contributed by atoms with van der Waals surface area (Å²) in [6.45, 7) is 3.72. The van der Waals surface area contributed by atoms with Crippen molar-refractivity contribution in [1.82, 2.24) is 16.0 Å². The van der Waals surface area contributed by atoms with Crippen molar-refractivity contribution in [3.8, 4) is 0 Å². The monoisotopic (exact) mass is 504 g/mol. The highest BCUT2D eigenvalue weighted by Crippen LogP contribution is 2.14. The molecule has 27 heavy (non-hydrogen) atoms. The summed E-state index contributed by atoms with van der Waals surface area (Å²) in [5.41, 5.74) is 0.964. The zero-order valence-corrected chi connectivity index (χ0v) is 18.1. The van der Waals surface area contributed by atoms with Gasteiger partial charge in [-0.2, -0.15) is 0 Å². The van der Waals surface area contributed by atoms with Crippen molar-refractivity contribution in [1.29, 1.82) is 0 Å². The van der Waals surface area contributed by atoms with Crippen LogP contribution < -0.4 is 16.0 Å². The third-order valence-electron chi connectivity index (χ3n) is 3.53. The van der Waals surface area contributed by atoms with Crippen LogP contribution in [-0.4, -0.2) is 31.5 Å². The molecule has 2 aromatic carbocycles. The quantitative estimate of drug-likeness (QED) is 0.234. The topological polar surface area (TPSA) is 65.5 Å². The van der Waals surface area contributed by atoms with Crippen LogP contribution in [0.2, 0.25) is 5.02 Å². The molecule has 2 aromatic rings. The van der Waals surface area contributed by atoms with Crippen LogP contribution >= 0.6 is 35.6 Å². The Bertz CT molecular complexity index is 773. The number of guanidine groups is 1. The summed E-state index contributed by atoms with van der Waals surface area (Å²) in [6.07, 6.45) is 0. The van der Waals surface area contributed by atoms with Crippen molar-refractivity contribution >= 4 is 47.4 Å². The van der Waals surface area contributed by atoms with Crippen LogP contribution in [0.15, 0.2) is 53.5 Å². The van der Waals surface area contributed by atoms with Crippen molar-refractivity contribution in [3.05, 3.63) is 70.5 Å². The molecule has 3 N–H and O–H groups in total. The number of carbonyl (C=O) groups excluding carboxylic acids is 1. The summed E-state index contributed by atoms with van der Waals surface area (Å²) in [5, 5.41) is 9.39. The fraction of sp³-hybridized carbons (Fsp3) is 0.263. The Labute approximate surface area is 180 Å². The summed E-state index contributed by atoms with van der Waals surface area (Å²) in [6, 6.07) is 13.4. The summed E-state index contributed by atoms with van der Waals surface area (Å²) in [7, 11) is 0. The highest BCUT2D eigenvalue weighted by Gasteiger charge is 2.08. The van der Waals surface area contributed by atoms with E-state index in [1.54, 1.807) is 42.5 Å². The molecule has 0 saturated carbocycles. The molecule has 0 unspecified atom stereocenters. The highest BCUT2D eigenvalue weighted by molar-refractivity contribution is 14.0. The maximum atomic E-state index is 13.6. The fourth-order valence-corrected chi connectivity index (χ4v) is 2.45. The number of hydrogen-bond donors (Lipinski definition) is 3. The third-order valence-corrected chi connectivity index (χ3v) is 3.86. The first-order valence-electron chi connectivity index (χ1n) is 8.40. The number of rotatable bonds is 7. The van der Waals surface area contributed by atoms with Crippen LogP contribution in [0.25, 0.3) is 0 Å². The standard InChI is InChI=1S/C19H22ClFN4O.HI/c1-2-22-19(25-13-14-7-3-6-10-17(14)21)24-12-11-23-18(26)15-8-4-5-9-16(15)20;/h3-10H,2,11-13H2,1H3,(H,23,26)(H2,22,24,25);1H. The third kappa shape index (κ3) is 7.72. The SMILES string of the molecule is CCNC(=NCc1ccccc1F)NCCNC(=O)c1ccccc1Cl.I. The first-order valence-corrected chi connectivity index (χ1v) is 8.78. The molecule has 0 aliphatic rings. The summed E-state index contributed by atoms with van der Waals surface area (Å²) in [4.78, 5) is 16.4. The molecule has 2 rings (SSSR count). The number of benzene rings is 2. The van der Waals surface area contributed by atoms with Crippen LogP contribution in [0.4, 0.5) is 4.39 Å². The Kier molecular flexibility index (Phi) is 10.7. The lowest BCUT2D eigenvalue weighted by atomic mass is 10.2. The largest absolute Gasteiger partial charge is 0.357 e. The number of amides is 1. The lowest BCUT2D eigenvalue weighted by molar-refractivity contribution is 0.0954. The molecule has 0 saturated heterocycles. The van der Waals surface area contributed by atoms with E-state index in [1.807, 2.05) is 6.92 Å². The second kappa shape index (κ2) is 12.5. The van der Waals surface area contributed by atoms with E-state index in [0.29, 0.717) is 41.7 Å². The van der Waals surface area contributed by atoms with Gasteiger partial charge in [0.2, 0.25) is 0 Å². The molecular formula is C19H23ClFIN4O. The van der Waals surface area contributed by atoms with Crippen LogP contribution in [0.1, 0.15) is 22.8 Å². The lowest BCUT2D eigenvalue weighted by Gasteiger charge is -2.12. The first-order chi connectivity index (χ1) is 12.6. The Morgan fingerprint density at radius 1 is 1.04 bits per heavy atom. The van der Waals surface area contributed by atoms with E-state index in [9.17, 15) is 9.18 Å². The predicted molar refractivity (Wildman–Crippen MR) is 118 cm³/mol. The first kappa shape index (κ1) is 23.2. The van der Waals surface area contributed by atoms with Crippen molar-refractivity contribution in [2.75, 3.05) is 19.6 Å². The van der Waals surface area contributed by atoms with E-state index >= 15 is 0 Å². The van der Waals surface area contributed by atoms with Gasteiger partial charge in [-0.3, -0.25) is 4.79 Å². The van der Waals surface area contributed by atoms with Gasteiger partial charge < -0.3 is 16.0 Å². The van der Waals surface area contributed by atoms with Crippen molar-refractivity contribution < 1.29 is 9.18 Å². The van der Waals surface area contributed by atoms with Gasteiger partial charge in [-0.25, -0.2) is 9.38 Å². The average molecular weight is 505 g/mol. The van der Waals surface area contributed by atoms with Gasteiger partial charge >= 0.3 is 0 Å². The predicted octanol–water partition coefficient (Wildman–Crippen LogP) is 3.58. The fourth-order valence-electron chi connectivity index (χ4n) is 2.23. The zero-order chi connectivity index (χ0) is 18.8. The van der Waals surface area contributed by atoms with Crippen LogP contribution in [0.5, 0.6) is 0 Å². The van der Waals surface area contributed by atoms with Crippen molar-refractivity contribution in [3.63, 3.8) is 0 Å². The number of hydrogen-bond acceptors (Lipinski definition) is 2. The van der Waals surface area contributed by atoms with E-state index in [2.05, 4.69) is 20.9 Å². The van der Waals surface area contributed by atoms with Gasteiger partial charge in [-0.05, 0) is 25.1 Å². The number of nitrogens with zero attached hydrogens (tertiary/aromatic N) is 1. The average Bonchev–Trinajstić information content (AvgIpc) is 2.64. The Morgan fingerprint density at radius 3 is 2.41 bits per heavy atom. The molecule has 5 nitrogen and oxygen atoms in total. The van der Waals surface area contributed by atoms with Crippen LogP contribution in [0.3, 0.4) is 0 Å². The Hall–Kier alpha value is -1.87. The van der Waals surface area contributed by atoms with Gasteiger partial charge in [0.1, 0.15) is 5.82 Å². The minimum Gasteiger partial charge on any atom is -0.357 e. The zero-order valence-electron chi connectivity index (χ0n) is 15.0. The van der Waals surface area contributed by atoms with Crippen LogP contribution in [-0.2, 0) is 6.54 Å². The second-order valence-corrected chi connectivity index (χ2v) is 5.86. The molecule has 0 radical (unpaired) electrons. The number of nitrogens with one attached hydrogen (secondary N) is 3. The number of aliphatic imine (C=N–C) groups is 1. The molecule has 0 fully saturated rings. The molecular weight excluding hydrogens is 482 g/mol. The van der Waals surface area contributed by atoms with E-state index in [-0.39, 0.29) is 42.2 Å². The molecule has 0 heterocycles. The van der Waals surface area contributed by atoms with E-state index < -0.39 is 0 Å². The molecule has 0 bridgehead atoms. The van der Waals surface area contributed by atoms with Gasteiger partial charge in [-0.1, -0.05) is 41.9 Å². The molecule has 1 amide bonds. The normalized spacial score (nSPS) is 10.7. The smallest absolute Gasteiger partial charge is 0.252 e.